The van der Waals surface area contributed by atoms with Gasteiger partial charge in [0.15, 0.2) is 19.7 Å². The molecule has 2 aromatic carbocycles. The first-order chi connectivity index (χ1) is 21.2. The summed E-state index contributed by atoms with van der Waals surface area (Å²) in [7, 11) is -7.27. The highest BCUT2D eigenvalue weighted by Crippen LogP contribution is 2.37. The van der Waals surface area contributed by atoms with Gasteiger partial charge < -0.3 is 18.9 Å². The van der Waals surface area contributed by atoms with Crippen LogP contribution >= 0.6 is 0 Å². The molecule has 0 N–H and O–H groups in total. The number of sulfone groups is 2. The van der Waals surface area contributed by atoms with Crippen molar-refractivity contribution in [1.82, 2.24) is 0 Å². The summed E-state index contributed by atoms with van der Waals surface area (Å²) >= 11 is 0. The van der Waals surface area contributed by atoms with Gasteiger partial charge in [-0.1, -0.05) is 0 Å². The minimum atomic E-state index is -5.27. The molecule has 0 radical (unpaired) electrons. The Labute approximate surface area is 259 Å². The van der Waals surface area contributed by atoms with Gasteiger partial charge in [-0.05, 0) is 62.1 Å². The second kappa shape index (κ2) is 16.2. The van der Waals surface area contributed by atoms with E-state index in [-0.39, 0.29) is 51.0 Å². The molecule has 0 saturated carbocycles. The molecule has 2 unspecified atom stereocenters. The van der Waals surface area contributed by atoms with Gasteiger partial charge in [-0.2, -0.15) is 26.3 Å². The fraction of sp³-hybridized carbons (Fsp3) is 0.519. The number of carbonyl (C=O) groups excluding carboxylic acids is 1. The topological polar surface area (TPSA) is 122 Å². The molecule has 0 heterocycles. The van der Waals surface area contributed by atoms with Crippen LogP contribution in [0.15, 0.2) is 46.2 Å². The number of halogens is 8. The van der Waals surface area contributed by atoms with E-state index >= 15 is 0 Å². The molecule has 0 bridgehead atoms. The third kappa shape index (κ3) is 11.6. The van der Waals surface area contributed by atoms with Crippen molar-refractivity contribution in [2.75, 3.05) is 38.9 Å². The van der Waals surface area contributed by atoms with Crippen LogP contribution in [-0.4, -0.2) is 74.1 Å². The van der Waals surface area contributed by atoms with Gasteiger partial charge in [-0.15, -0.1) is 0 Å². The number of hydrogen-bond acceptors (Lipinski definition) is 9. The summed E-state index contributed by atoms with van der Waals surface area (Å²) in [5.41, 5.74) is -3.60. The van der Waals surface area contributed by atoms with Crippen LogP contribution in [0.2, 0.25) is 0 Å². The summed E-state index contributed by atoms with van der Waals surface area (Å²) in [5, 5.41) is 0. The first-order valence-electron chi connectivity index (χ1n) is 13.3. The normalized spacial score (nSPS) is 14.1. The van der Waals surface area contributed by atoms with Crippen LogP contribution in [0.3, 0.4) is 0 Å². The summed E-state index contributed by atoms with van der Waals surface area (Å²) in [5.74, 6) is -5.20. The summed E-state index contributed by atoms with van der Waals surface area (Å²) < 4.78 is 180. The molecule has 2 atom stereocenters. The maximum Gasteiger partial charge on any atom is 0.508 e. The quantitative estimate of drug-likeness (QED) is 0.0893. The molecule has 0 saturated heterocycles. The Bertz CT molecular complexity index is 1430. The second-order valence-electron chi connectivity index (χ2n) is 9.84. The number of rotatable bonds is 16. The molecule has 0 amide bonds. The van der Waals surface area contributed by atoms with Crippen molar-refractivity contribution in [1.29, 1.82) is 0 Å². The highest BCUT2D eigenvalue weighted by molar-refractivity contribution is 7.91. The minimum Gasteiger partial charge on any atom is -0.430 e. The van der Waals surface area contributed by atoms with Crippen molar-refractivity contribution < 1.29 is 75.7 Å². The molecule has 0 aliphatic rings. The van der Waals surface area contributed by atoms with Crippen LogP contribution in [0.4, 0.5) is 39.9 Å². The zero-order chi connectivity index (χ0) is 34.9. The minimum absolute atomic E-state index is 0.00357. The van der Waals surface area contributed by atoms with Gasteiger partial charge in [0.25, 0.3) is 0 Å². The third-order valence-corrected chi connectivity index (χ3v) is 9.92. The number of carbonyl (C=O) groups is 1. The Kier molecular flexibility index (Phi) is 13.8. The molecule has 9 nitrogen and oxygen atoms in total. The number of ether oxygens (including phenoxy) is 4. The zero-order valence-electron chi connectivity index (χ0n) is 24.3. The van der Waals surface area contributed by atoms with Crippen LogP contribution in [0.25, 0.3) is 0 Å². The predicted molar refractivity (Wildman–Crippen MR) is 144 cm³/mol. The van der Waals surface area contributed by atoms with Gasteiger partial charge >= 0.3 is 18.5 Å². The molecule has 2 rings (SSSR count). The van der Waals surface area contributed by atoms with Crippen molar-refractivity contribution in [2.45, 2.75) is 60.0 Å². The number of methoxy groups -OCH3 is 2. The maximum absolute atomic E-state index is 13.5. The highest BCUT2D eigenvalue weighted by atomic mass is 32.2. The van der Waals surface area contributed by atoms with E-state index in [0.717, 1.165) is 0 Å². The van der Waals surface area contributed by atoms with E-state index in [4.69, 9.17) is 18.9 Å². The molecule has 19 heteroatoms. The maximum atomic E-state index is 13.5. The first kappa shape index (κ1) is 39.1. The SMILES string of the molecule is COCCCC(CS(=O)(=O)c1ccc(F)cc1C(F)(F)F)OC(=O)OC(CCCOC)CS(=O)(=O)c1ccc(F)cc1C(F)(F)F. The Morgan fingerprint density at radius 3 is 1.33 bits per heavy atom. The van der Waals surface area contributed by atoms with E-state index in [9.17, 15) is 56.8 Å². The van der Waals surface area contributed by atoms with E-state index in [1.807, 2.05) is 0 Å². The van der Waals surface area contributed by atoms with Gasteiger partial charge in [-0.25, -0.2) is 30.4 Å². The standard InChI is InChI=1S/C27H30F8O9S2/c1-41-11-3-5-19(15-45(37,38)23-9-7-17(28)13-21(23)26(30,31)32)43-25(36)44-20(6-4-12-42-2)16-46(39,40)24-10-8-18(29)14-22(24)27(33,34)35/h7-10,13-14,19-20H,3-6,11-12,15-16H2,1-2H3. The molecule has 2 aromatic rings. The van der Waals surface area contributed by atoms with E-state index in [2.05, 4.69) is 0 Å². The molecule has 0 aliphatic carbocycles. The zero-order valence-corrected chi connectivity index (χ0v) is 25.9. The van der Waals surface area contributed by atoms with Crippen LogP contribution < -0.4 is 0 Å². The lowest BCUT2D eigenvalue weighted by molar-refractivity contribution is -0.140. The van der Waals surface area contributed by atoms with E-state index in [1.54, 1.807) is 0 Å². The van der Waals surface area contributed by atoms with Crippen molar-refractivity contribution in [3.05, 3.63) is 59.2 Å². The lowest BCUT2D eigenvalue weighted by atomic mass is 10.2. The fourth-order valence-corrected chi connectivity index (χ4v) is 7.60. The average molecular weight is 715 g/mol. The second-order valence-corrected chi connectivity index (χ2v) is 13.8. The fourth-order valence-electron chi connectivity index (χ4n) is 4.22. The molecular weight excluding hydrogens is 684 g/mol. The van der Waals surface area contributed by atoms with Crippen molar-refractivity contribution in [3.63, 3.8) is 0 Å². The molecule has 0 aromatic heterocycles. The predicted octanol–water partition coefficient (Wildman–Crippen LogP) is 5.99. The van der Waals surface area contributed by atoms with Crippen LogP contribution in [-0.2, 0) is 51.0 Å². The van der Waals surface area contributed by atoms with Gasteiger partial charge in [0, 0.05) is 27.4 Å². The number of hydrogen-bond donors (Lipinski definition) is 0. The monoisotopic (exact) mass is 714 g/mol. The molecule has 0 spiro atoms. The van der Waals surface area contributed by atoms with Crippen LogP contribution in [0, 0.1) is 11.6 Å². The highest BCUT2D eigenvalue weighted by Gasteiger charge is 2.40. The Hall–Kier alpha value is -3.03. The van der Waals surface area contributed by atoms with Crippen LogP contribution in [0.1, 0.15) is 36.8 Å². The summed E-state index contributed by atoms with van der Waals surface area (Å²) in [6.45, 7) is -0.00714. The van der Waals surface area contributed by atoms with Crippen LogP contribution in [0.5, 0.6) is 0 Å². The van der Waals surface area contributed by atoms with Gasteiger partial charge in [-0.3, -0.25) is 0 Å². The Balaban J connectivity index is 2.36. The summed E-state index contributed by atoms with van der Waals surface area (Å²) in [6.07, 6.45) is -16.2. The molecule has 260 valence electrons. The summed E-state index contributed by atoms with van der Waals surface area (Å²) in [4.78, 5) is 10.2. The van der Waals surface area contributed by atoms with E-state index in [1.165, 1.54) is 14.2 Å². The van der Waals surface area contributed by atoms with Crippen molar-refractivity contribution >= 4 is 25.8 Å². The molecule has 46 heavy (non-hydrogen) atoms. The van der Waals surface area contributed by atoms with E-state index in [0.29, 0.717) is 24.3 Å². The summed E-state index contributed by atoms with van der Waals surface area (Å²) in [6, 6.07) is 1.76. The van der Waals surface area contributed by atoms with Gasteiger partial charge in [0.2, 0.25) is 0 Å². The molecule has 0 fully saturated rings. The number of alkyl halides is 6. The molecular formula is C27H30F8O9S2. The lowest BCUT2D eigenvalue weighted by Gasteiger charge is -2.22. The van der Waals surface area contributed by atoms with E-state index < -0.39 is 94.4 Å². The number of benzene rings is 2. The van der Waals surface area contributed by atoms with Gasteiger partial charge in [0.1, 0.15) is 23.8 Å². The first-order valence-corrected chi connectivity index (χ1v) is 16.6. The average Bonchev–Trinajstić information content (AvgIpc) is 2.91. The van der Waals surface area contributed by atoms with Crippen molar-refractivity contribution in [2.24, 2.45) is 0 Å². The van der Waals surface area contributed by atoms with Crippen molar-refractivity contribution in [3.8, 4) is 0 Å². The Morgan fingerprint density at radius 1 is 0.674 bits per heavy atom. The lowest BCUT2D eigenvalue weighted by Crippen LogP contribution is -2.33. The smallest absolute Gasteiger partial charge is 0.430 e. The Morgan fingerprint density at radius 2 is 1.02 bits per heavy atom. The largest absolute Gasteiger partial charge is 0.508 e. The third-order valence-electron chi connectivity index (χ3n) is 6.25. The van der Waals surface area contributed by atoms with Gasteiger partial charge in [0.05, 0.1) is 32.4 Å². The molecule has 0 aliphatic heterocycles.